The van der Waals surface area contributed by atoms with Crippen molar-refractivity contribution in [3.8, 4) is 0 Å². The van der Waals surface area contributed by atoms with Gasteiger partial charge in [0.1, 0.15) is 12.5 Å². The fraction of sp³-hybridized carbons (Fsp3) is 1.00. The van der Waals surface area contributed by atoms with Crippen LogP contribution in [0.3, 0.4) is 0 Å². The number of hydrogen-bond acceptors (Lipinski definition) is 6. The number of nitrogens with zero attached hydrogens (tertiary/aromatic N) is 1. The van der Waals surface area contributed by atoms with Crippen molar-refractivity contribution < 1.29 is 19.7 Å². The van der Waals surface area contributed by atoms with E-state index in [2.05, 4.69) is 11.8 Å². The van der Waals surface area contributed by atoms with Crippen LogP contribution in [0, 0.1) is 5.92 Å². The molecule has 4 N–H and O–H groups in total. The summed E-state index contributed by atoms with van der Waals surface area (Å²) in [5.74, 6) is 0.622. The molecular formula is C19H40N2O4. The van der Waals surface area contributed by atoms with E-state index >= 15 is 0 Å². The minimum atomic E-state index is -0.355. The molecule has 0 aliphatic carbocycles. The van der Waals surface area contributed by atoms with Crippen LogP contribution in [0.15, 0.2) is 0 Å². The SMILES string of the molecule is CCC(CCCCC[C@H](O)CN1CC(O)CCC1OC)CC(N)OC. The van der Waals surface area contributed by atoms with Crippen LogP contribution in [0.25, 0.3) is 0 Å². The van der Waals surface area contributed by atoms with Gasteiger partial charge < -0.3 is 25.4 Å². The molecule has 150 valence electrons. The molecule has 1 saturated heterocycles. The van der Waals surface area contributed by atoms with Gasteiger partial charge in [-0.3, -0.25) is 4.90 Å². The number of β-amino-alcohol motifs (C(OH)–C–C–N with tert-alkyl or cyclic N) is 2. The predicted octanol–water partition coefficient (Wildman–Crippen LogP) is 2.07. The molecule has 0 aromatic carbocycles. The number of likely N-dealkylation sites (tertiary alicyclic amines) is 1. The van der Waals surface area contributed by atoms with E-state index in [0.29, 0.717) is 19.0 Å². The zero-order valence-corrected chi connectivity index (χ0v) is 16.4. The number of aliphatic hydroxyl groups is 2. The third-order valence-electron chi connectivity index (χ3n) is 5.41. The second-order valence-electron chi connectivity index (χ2n) is 7.45. The van der Waals surface area contributed by atoms with Gasteiger partial charge in [0.25, 0.3) is 0 Å². The van der Waals surface area contributed by atoms with Crippen LogP contribution in [-0.2, 0) is 9.47 Å². The summed E-state index contributed by atoms with van der Waals surface area (Å²) in [7, 11) is 3.36. The fourth-order valence-electron chi connectivity index (χ4n) is 3.72. The molecule has 0 spiro atoms. The first-order chi connectivity index (χ1) is 12.0. The number of piperidine rings is 1. The lowest BCUT2D eigenvalue weighted by molar-refractivity contribution is -0.101. The predicted molar refractivity (Wildman–Crippen MR) is 100 cm³/mol. The van der Waals surface area contributed by atoms with Gasteiger partial charge in [0.2, 0.25) is 0 Å². The molecule has 1 heterocycles. The van der Waals surface area contributed by atoms with Crippen LogP contribution >= 0.6 is 0 Å². The molecule has 5 atom stereocenters. The molecule has 0 saturated carbocycles. The Balaban J connectivity index is 2.16. The van der Waals surface area contributed by atoms with Crippen molar-refractivity contribution in [2.24, 2.45) is 11.7 Å². The van der Waals surface area contributed by atoms with Gasteiger partial charge in [-0.15, -0.1) is 0 Å². The first-order valence-electron chi connectivity index (χ1n) is 9.91. The molecule has 1 rings (SSSR count). The minimum absolute atomic E-state index is 0.0216. The van der Waals surface area contributed by atoms with E-state index in [0.717, 1.165) is 44.9 Å². The number of rotatable bonds is 13. The van der Waals surface area contributed by atoms with E-state index in [1.54, 1.807) is 14.2 Å². The van der Waals surface area contributed by atoms with Crippen molar-refractivity contribution in [1.82, 2.24) is 4.90 Å². The highest BCUT2D eigenvalue weighted by Crippen LogP contribution is 2.21. The molecule has 4 unspecified atom stereocenters. The van der Waals surface area contributed by atoms with Gasteiger partial charge in [0, 0.05) is 27.3 Å². The average Bonchev–Trinajstić information content (AvgIpc) is 2.60. The molecule has 1 aliphatic heterocycles. The summed E-state index contributed by atoms with van der Waals surface area (Å²) in [4.78, 5) is 2.07. The Bertz CT molecular complexity index is 333. The van der Waals surface area contributed by atoms with Crippen molar-refractivity contribution in [3.05, 3.63) is 0 Å². The van der Waals surface area contributed by atoms with Crippen LogP contribution in [0.1, 0.15) is 64.7 Å². The molecule has 0 aromatic heterocycles. The third-order valence-corrected chi connectivity index (χ3v) is 5.41. The lowest BCUT2D eigenvalue weighted by Gasteiger charge is -2.37. The van der Waals surface area contributed by atoms with E-state index in [4.69, 9.17) is 15.2 Å². The molecule has 0 radical (unpaired) electrons. The Morgan fingerprint density at radius 1 is 1.16 bits per heavy atom. The number of ether oxygens (including phenoxy) is 2. The average molecular weight is 361 g/mol. The number of nitrogens with two attached hydrogens (primary N) is 1. The normalized spacial score (nSPS) is 25.7. The third kappa shape index (κ3) is 9.31. The summed E-state index contributed by atoms with van der Waals surface area (Å²) in [5.41, 5.74) is 5.85. The van der Waals surface area contributed by atoms with E-state index in [9.17, 15) is 10.2 Å². The standard InChI is InChI=1S/C19H40N2O4/c1-4-15(12-18(20)24-2)8-6-5-7-9-16(22)13-21-14-17(23)10-11-19(21)25-3/h15-19,22-23H,4-14,20H2,1-3H3/t15?,16-,17?,18?,19?/m0/s1. The summed E-state index contributed by atoms with van der Waals surface area (Å²) in [5, 5.41) is 20.1. The smallest absolute Gasteiger partial charge is 0.110 e. The molecule has 6 heteroatoms. The van der Waals surface area contributed by atoms with Gasteiger partial charge >= 0.3 is 0 Å². The van der Waals surface area contributed by atoms with Gasteiger partial charge in [-0.05, 0) is 31.6 Å². The summed E-state index contributed by atoms with van der Waals surface area (Å²) < 4.78 is 10.6. The summed E-state index contributed by atoms with van der Waals surface area (Å²) in [6.45, 7) is 3.37. The lowest BCUT2D eigenvalue weighted by atomic mass is 9.94. The molecule has 0 aromatic rings. The molecule has 0 amide bonds. The molecule has 1 aliphatic rings. The van der Waals surface area contributed by atoms with E-state index < -0.39 is 0 Å². The monoisotopic (exact) mass is 360 g/mol. The first kappa shape index (κ1) is 22.8. The van der Waals surface area contributed by atoms with Gasteiger partial charge in [-0.2, -0.15) is 0 Å². The van der Waals surface area contributed by atoms with Crippen molar-refractivity contribution in [3.63, 3.8) is 0 Å². The minimum Gasteiger partial charge on any atom is -0.392 e. The van der Waals surface area contributed by atoms with E-state index in [1.807, 2.05) is 0 Å². The molecular weight excluding hydrogens is 320 g/mol. The van der Waals surface area contributed by atoms with E-state index in [-0.39, 0.29) is 24.7 Å². The van der Waals surface area contributed by atoms with Crippen LogP contribution in [0.2, 0.25) is 0 Å². The zero-order chi connectivity index (χ0) is 18.7. The largest absolute Gasteiger partial charge is 0.392 e. The van der Waals surface area contributed by atoms with Crippen molar-refractivity contribution >= 4 is 0 Å². The number of aliphatic hydroxyl groups excluding tert-OH is 2. The van der Waals surface area contributed by atoms with Crippen molar-refractivity contribution in [2.45, 2.75) is 89.4 Å². The summed E-state index contributed by atoms with van der Waals surface area (Å²) >= 11 is 0. The highest BCUT2D eigenvalue weighted by molar-refractivity contribution is 4.78. The van der Waals surface area contributed by atoms with Crippen LogP contribution in [-0.4, -0.2) is 67.1 Å². The quantitative estimate of drug-likeness (QED) is 0.344. The van der Waals surface area contributed by atoms with Gasteiger partial charge in [0.15, 0.2) is 0 Å². The Hall–Kier alpha value is -0.240. The number of unbranched alkanes of at least 4 members (excludes halogenated alkanes) is 2. The fourth-order valence-corrected chi connectivity index (χ4v) is 3.72. The Morgan fingerprint density at radius 3 is 2.52 bits per heavy atom. The highest BCUT2D eigenvalue weighted by Gasteiger charge is 2.28. The summed E-state index contributed by atoms with van der Waals surface area (Å²) in [6.07, 6.45) is 8.18. The maximum absolute atomic E-state index is 10.3. The van der Waals surface area contributed by atoms with E-state index in [1.165, 1.54) is 12.8 Å². The number of hydrogen-bond donors (Lipinski definition) is 3. The van der Waals surface area contributed by atoms with Crippen LogP contribution < -0.4 is 5.73 Å². The lowest BCUT2D eigenvalue weighted by Crippen LogP contribution is -2.49. The van der Waals surface area contributed by atoms with Gasteiger partial charge in [-0.1, -0.05) is 39.0 Å². The summed E-state index contributed by atoms with van der Waals surface area (Å²) in [6, 6.07) is 0. The highest BCUT2D eigenvalue weighted by atomic mass is 16.5. The maximum Gasteiger partial charge on any atom is 0.110 e. The molecule has 25 heavy (non-hydrogen) atoms. The van der Waals surface area contributed by atoms with Gasteiger partial charge in [-0.25, -0.2) is 0 Å². The maximum atomic E-state index is 10.3. The first-order valence-corrected chi connectivity index (χ1v) is 9.91. The van der Waals surface area contributed by atoms with Crippen molar-refractivity contribution in [1.29, 1.82) is 0 Å². The topological polar surface area (TPSA) is 88.2 Å². The second-order valence-corrected chi connectivity index (χ2v) is 7.45. The Kier molecular flexibility index (Phi) is 11.9. The molecule has 6 nitrogen and oxygen atoms in total. The zero-order valence-electron chi connectivity index (χ0n) is 16.4. The Morgan fingerprint density at radius 2 is 1.88 bits per heavy atom. The molecule has 0 bridgehead atoms. The second kappa shape index (κ2) is 13.0. The number of methoxy groups -OCH3 is 2. The van der Waals surface area contributed by atoms with Crippen LogP contribution in [0.5, 0.6) is 0 Å². The van der Waals surface area contributed by atoms with Gasteiger partial charge in [0.05, 0.1) is 12.2 Å². The van der Waals surface area contributed by atoms with Crippen molar-refractivity contribution in [2.75, 3.05) is 27.3 Å². The Labute approximate surface area is 153 Å². The van der Waals surface area contributed by atoms with Crippen LogP contribution in [0.4, 0.5) is 0 Å². The molecule has 1 fully saturated rings.